The van der Waals surface area contributed by atoms with Crippen molar-refractivity contribution in [3.63, 3.8) is 0 Å². The van der Waals surface area contributed by atoms with Crippen LogP contribution in [-0.2, 0) is 6.42 Å². The van der Waals surface area contributed by atoms with E-state index >= 15 is 0 Å². The molecule has 0 saturated heterocycles. The van der Waals surface area contributed by atoms with Crippen LogP contribution < -0.4 is 5.73 Å². The fourth-order valence-corrected chi connectivity index (χ4v) is 2.38. The third-order valence-electron chi connectivity index (χ3n) is 2.36. The molecule has 1 nitrogen and oxygen atoms in total. The van der Waals surface area contributed by atoms with Gasteiger partial charge in [-0.05, 0) is 42.5 Å². The van der Waals surface area contributed by atoms with Gasteiger partial charge in [-0.1, -0.05) is 41.9 Å². The SMILES string of the molecule is CC(C)c1ccc(CCCN)cc1Br. The summed E-state index contributed by atoms with van der Waals surface area (Å²) in [4.78, 5) is 0. The number of benzene rings is 1. The van der Waals surface area contributed by atoms with E-state index in [1.54, 1.807) is 0 Å². The van der Waals surface area contributed by atoms with Crippen molar-refractivity contribution in [1.82, 2.24) is 0 Å². The van der Waals surface area contributed by atoms with Crippen molar-refractivity contribution in [3.05, 3.63) is 33.8 Å². The van der Waals surface area contributed by atoms with Crippen molar-refractivity contribution < 1.29 is 0 Å². The van der Waals surface area contributed by atoms with E-state index in [1.165, 1.54) is 15.6 Å². The summed E-state index contributed by atoms with van der Waals surface area (Å²) in [5, 5.41) is 0. The van der Waals surface area contributed by atoms with Gasteiger partial charge in [0, 0.05) is 4.47 Å². The first-order valence-electron chi connectivity index (χ1n) is 5.13. The number of hydrogen-bond acceptors (Lipinski definition) is 1. The fourth-order valence-electron chi connectivity index (χ4n) is 1.50. The van der Waals surface area contributed by atoms with Crippen LogP contribution in [0, 0.1) is 0 Å². The molecule has 0 bridgehead atoms. The lowest BCUT2D eigenvalue weighted by atomic mass is 10.0. The van der Waals surface area contributed by atoms with E-state index in [1.807, 2.05) is 0 Å². The Morgan fingerprint density at radius 3 is 2.57 bits per heavy atom. The molecule has 0 spiro atoms. The van der Waals surface area contributed by atoms with Crippen LogP contribution >= 0.6 is 15.9 Å². The van der Waals surface area contributed by atoms with Crippen molar-refractivity contribution in [2.45, 2.75) is 32.6 Å². The molecule has 0 amide bonds. The summed E-state index contributed by atoms with van der Waals surface area (Å²) in [5.41, 5.74) is 8.22. The van der Waals surface area contributed by atoms with Crippen molar-refractivity contribution in [1.29, 1.82) is 0 Å². The van der Waals surface area contributed by atoms with E-state index in [4.69, 9.17) is 5.73 Å². The number of rotatable bonds is 4. The summed E-state index contributed by atoms with van der Waals surface area (Å²) < 4.78 is 1.22. The van der Waals surface area contributed by atoms with Gasteiger partial charge in [-0.25, -0.2) is 0 Å². The van der Waals surface area contributed by atoms with Crippen molar-refractivity contribution in [2.75, 3.05) is 6.54 Å². The Labute approximate surface area is 94.8 Å². The lowest BCUT2D eigenvalue weighted by Crippen LogP contribution is -2.00. The number of halogens is 1. The molecular formula is C12H18BrN. The molecule has 0 fully saturated rings. The molecule has 1 aromatic rings. The monoisotopic (exact) mass is 255 g/mol. The summed E-state index contributed by atoms with van der Waals surface area (Å²) in [5.74, 6) is 0.577. The van der Waals surface area contributed by atoms with Crippen LogP contribution in [0.4, 0.5) is 0 Å². The Kier molecular flexibility index (Phi) is 4.63. The van der Waals surface area contributed by atoms with Crippen LogP contribution in [0.3, 0.4) is 0 Å². The molecule has 0 aliphatic heterocycles. The molecular weight excluding hydrogens is 238 g/mol. The van der Waals surface area contributed by atoms with Gasteiger partial charge in [0.2, 0.25) is 0 Å². The minimum Gasteiger partial charge on any atom is -0.330 e. The molecule has 0 aliphatic carbocycles. The Hall–Kier alpha value is -0.340. The zero-order chi connectivity index (χ0) is 10.6. The number of nitrogens with two attached hydrogens (primary N) is 1. The van der Waals surface area contributed by atoms with Gasteiger partial charge in [0.25, 0.3) is 0 Å². The van der Waals surface area contributed by atoms with Gasteiger partial charge in [0.1, 0.15) is 0 Å². The van der Waals surface area contributed by atoms with Gasteiger partial charge in [0.15, 0.2) is 0 Å². The molecule has 0 aliphatic rings. The van der Waals surface area contributed by atoms with E-state index in [9.17, 15) is 0 Å². The first-order valence-corrected chi connectivity index (χ1v) is 5.93. The molecule has 2 heteroatoms. The van der Waals surface area contributed by atoms with Gasteiger partial charge < -0.3 is 5.73 Å². The van der Waals surface area contributed by atoms with E-state index in [0.717, 1.165) is 19.4 Å². The van der Waals surface area contributed by atoms with Crippen molar-refractivity contribution in [2.24, 2.45) is 5.73 Å². The maximum Gasteiger partial charge on any atom is 0.0212 e. The van der Waals surface area contributed by atoms with Crippen molar-refractivity contribution in [3.8, 4) is 0 Å². The van der Waals surface area contributed by atoms with Crippen LogP contribution in [-0.4, -0.2) is 6.54 Å². The summed E-state index contributed by atoms with van der Waals surface area (Å²) in [6, 6.07) is 6.63. The van der Waals surface area contributed by atoms with Crippen molar-refractivity contribution >= 4 is 15.9 Å². The van der Waals surface area contributed by atoms with Crippen LogP contribution in [0.15, 0.2) is 22.7 Å². The number of aryl methyl sites for hydroxylation is 1. The third-order valence-corrected chi connectivity index (χ3v) is 3.04. The lowest BCUT2D eigenvalue weighted by Gasteiger charge is -2.09. The molecule has 2 N–H and O–H groups in total. The largest absolute Gasteiger partial charge is 0.330 e. The molecule has 14 heavy (non-hydrogen) atoms. The van der Waals surface area contributed by atoms with Crippen LogP contribution in [0.1, 0.15) is 37.3 Å². The smallest absolute Gasteiger partial charge is 0.0212 e. The van der Waals surface area contributed by atoms with Crippen LogP contribution in [0.25, 0.3) is 0 Å². The molecule has 0 atom stereocenters. The molecule has 0 heterocycles. The highest BCUT2D eigenvalue weighted by Gasteiger charge is 2.04. The fraction of sp³-hybridized carbons (Fsp3) is 0.500. The summed E-state index contributed by atoms with van der Waals surface area (Å²) in [7, 11) is 0. The predicted octanol–water partition coefficient (Wildman–Crippen LogP) is 3.46. The second-order valence-corrected chi connectivity index (χ2v) is 4.76. The average Bonchev–Trinajstić information content (AvgIpc) is 2.14. The van der Waals surface area contributed by atoms with Gasteiger partial charge in [-0.3, -0.25) is 0 Å². The highest BCUT2D eigenvalue weighted by molar-refractivity contribution is 9.10. The molecule has 1 aromatic carbocycles. The van der Waals surface area contributed by atoms with Gasteiger partial charge >= 0.3 is 0 Å². The second kappa shape index (κ2) is 5.52. The summed E-state index contributed by atoms with van der Waals surface area (Å²) in [6.07, 6.45) is 2.14. The Balaban J connectivity index is 2.78. The molecule has 1 rings (SSSR count). The Bertz CT molecular complexity index is 294. The average molecular weight is 256 g/mol. The van der Waals surface area contributed by atoms with Crippen LogP contribution in [0.5, 0.6) is 0 Å². The quantitative estimate of drug-likeness (QED) is 0.877. The maximum atomic E-state index is 5.48. The van der Waals surface area contributed by atoms with Gasteiger partial charge in [0.05, 0.1) is 0 Å². The lowest BCUT2D eigenvalue weighted by molar-refractivity contribution is 0.825. The first-order chi connectivity index (χ1) is 6.65. The Morgan fingerprint density at radius 1 is 1.36 bits per heavy atom. The zero-order valence-corrected chi connectivity index (χ0v) is 10.5. The van der Waals surface area contributed by atoms with Gasteiger partial charge in [-0.15, -0.1) is 0 Å². The predicted molar refractivity (Wildman–Crippen MR) is 65.6 cm³/mol. The van der Waals surface area contributed by atoms with Crippen LogP contribution in [0.2, 0.25) is 0 Å². The minimum atomic E-state index is 0.577. The van der Waals surface area contributed by atoms with E-state index in [-0.39, 0.29) is 0 Å². The number of hydrogen-bond donors (Lipinski definition) is 1. The highest BCUT2D eigenvalue weighted by atomic mass is 79.9. The standard InChI is InChI=1S/C12H18BrN/c1-9(2)11-6-5-10(4-3-7-14)8-12(11)13/h5-6,8-9H,3-4,7,14H2,1-2H3. The molecule has 0 radical (unpaired) electrons. The minimum absolute atomic E-state index is 0.577. The maximum absolute atomic E-state index is 5.48. The first kappa shape index (κ1) is 11.7. The van der Waals surface area contributed by atoms with Gasteiger partial charge in [-0.2, -0.15) is 0 Å². The summed E-state index contributed by atoms with van der Waals surface area (Å²) in [6.45, 7) is 5.18. The highest BCUT2D eigenvalue weighted by Crippen LogP contribution is 2.25. The topological polar surface area (TPSA) is 26.0 Å². The molecule has 78 valence electrons. The summed E-state index contributed by atoms with van der Waals surface area (Å²) >= 11 is 3.61. The zero-order valence-electron chi connectivity index (χ0n) is 8.89. The molecule has 0 aromatic heterocycles. The van der Waals surface area contributed by atoms with E-state index in [0.29, 0.717) is 5.92 Å². The second-order valence-electron chi connectivity index (χ2n) is 3.90. The molecule has 0 unspecified atom stereocenters. The Morgan fingerprint density at radius 2 is 2.07 bits per heavy atom. The van der Waals surface area contributed by atoms with E-state index < -0.39 is 0 Å². The normalized spacial score (nSPS) is 10.9. The van der Waals surface area contributed by atoms with E-state index in [2.05, 4.69) is 48.0 Å². The third kappa shape index (κ3) is 3.10. The molecule has 0 saturated carbocycles.